The number of hydrogen-bond donors (Lipinski definition) is 4. The van der Waals surface area contributed by atoms with Gasteiger partial charge in [-0.15, -0.1) is 17.8 Å². The van der Waals surface area contributed by atoms with Crippen molar-refractivity contribution in [1.29, 1.82) is 0 Å². The molecule has 0 saturated carbocycles. The molecule has 2 amide bonds. The van der Waals surface area contributed by atoms with Gasteiger partial charge in [-0.1, -0.05) is 68.6 Å². The number of terminal acetylenes is 1. The first-order valence-corrected chi connectivity index (χ1v) is 28.5. The van der Waals surface area contributed by atoms with Crippen LogP contribution in [0.15, 0.2) is 60.2 Å². The molecule has 5 aliphatic rings. The maximum atomic E-state index is 16.1. The largest absolute Gasteiger partial charge is 1.00 e. The van der Waals surface area contributed by atoms with E-state index in [1.807, 2.05) is 24.6 Å². The number of aromatic nitrogens is 4. The number of aliphatic hydroxyl groups excluding tert-OH is 2. The second kappa shape index (κ2) is 29.5. The van der Waals surface area contributed by atoms with Crippen LogP contribution in [0.2, 0.25) is 0 Å². The van der Waals surface area contributed by atoms with Crippen LogP contribution >= 0.6 is 11.3 Å². The first kappa shape index (κ1) is 62.8. The number of pyridine rings is 1. The average Bonchev–Trinajstić information content (AvgIpc) is 4.44. The smallest absolute Gasteiger partial charge is 0.657 e. The number of carbonyl (C=O) groups is 2. The van der Waals surface area contributed by atoms with E-state index < -0.39 is 17.7 Å². The number of anilines is 1. The third-order valence-electron chi connectivity index (χ3n) is 15.1. The molecule has 5 fully saturated rings. The molecule has 5 atom stereocenters. The summed E-state index contributed by atoms with van der Waals surface area (Å²) in [6, 6.07) is 14.4. The van der Waals surface area contributed by atoms with Crippen LogP contribution in [0.1, 0.15) is 101 Å². The summed E-state index contributed by atoms with van der Waals surface area (Å²) >= 11 is 1.64. The number of aryl methyl sites for hydroxylation is 1. The first-order valence-electron chi connectivity index (χ1n) is 27.6. The maximum Gasteiger partial charge on any atom is 1.00 e. The van der Waals surface area contributed by atoms with Crippen LogP contribution in [0.4, 0.5) is 14.6 Å². The Kier molecular flexibility index (Phi) is 23.1. The number of ether oxygens (including phenoxy) is 1. The number of carbonyl (C=O) groups excluding carboxylic acids is 2. The molecule has 5 aliphatic heterocycles. The van der Waals surface area contributed by atoms with Crippen molar-refractivity contribution in [1.82, 2.24) is 40.0 Å². The van der Waals surface area contributed by atoms with Crippen molar-refractivity contribution in [3.05, 3.63) is 94.0 Å². The topological polar surface area (TPSA) is 195 Å². The Morgan fingerprint density at radius 3 is 2.31 bits per heavy atom. The van der Waals surface area contributed by atoms with Gasteiger partial charge in [0.15, 0.2) is 5.82 Å². The summed E-state index contributed by atoms with van der Waals surface area (Å²) in [5.41, 5.74) is 5.19. The van der Waals surface area contributed by atoms with Gasteiger partial charge in [-0.25, -0.2) is 13.8 Å². The van der Waals surface area contributed by atoms with Crippen molar-refractivity contribution >= 4 is 50.6 Å². The van der Waals surface area contributed by atoms with Crippen LogP contribution in [-0.2, 0) is 9.59 Å². The number of aromatic hydroxyl groups is 1. The molecular formula is C60H75F2KN10O6S. The molecular weight excluding hydrogens is 1070 g/mol. The fraction of sp³-hybridized carbons (Fsp3) is 0.500. The molecule has 3 aromatic heterocycles. The second-order valence-corrected chi connectivity index (χ2v) is 22.5. The summed E-state index contributed by atoms with van der Waals surface area (Å²) in [7, 11) is 3.15. The zero-order valence-electron chi connectivity index (χ0n) is 47.3. The molecule has 16 nitrogen and oxygen atoms in total. The predicted molar refractivity (Wildman–Crippen MR) is 307 cm³/mol. The van der Waals surface area contributed by atoms with E-state index in [0.717, 1.165) is 68.9 Å². The number of likely N-dealkylation sites (N-methyl/N-ethyl adjacent to an activating group) is 1. The van der Waals surface area contributed by atoms with Gasteiger partial charge in [0, 0.05) is 74.5 Å². The molecule has 0 spiro atoms. The van der Waals surface area contributed by atoms with Crippen molar-refractivity contribution in [2.75, 3.05) is 78.0 Å². The van der Waals surface area contributed by atoms with Crippen LogP contribution in [0.5, 0.6) is 11.8 Å². The van der Waals surface area contributed by atoms with Gasteiger partial charge < -0.3 is 50.3 Å². The van der Waals surface area contributed by atoms with Gasteiger partial charge in [-0.2, -0.15) is 17.0 Å². The molecule has 6 aromatic rings. The number of benzene rings is 3. The van der Waals surface area contributed by atoms with E-state index >= 15 is 4.39 Å². The van der Waals surface area contributed by atoms with E-state index in [9.17, 15) is 29.3 Å². The average molecular weight is 1140 g/mol. The van der Waals surface area contributed by atoms with Gasteiger partial charge >= 0.3 is 57.4 Å². The SMILES string of the molecule is C#Cc1c(F)ccc2cc(O)cc(-c3ncc4c(N5CC6CCC(C5)N6)nc(OC)nc4c3F)c12.CC(C)C.C[N-]C(CO)c1ccc(-c2scnc2C)cc1.O=C(CN1C(=O)CCC1CCCN1CCCC1)N1CCC(O)C1.[K+]. The molecule has 3 aromatic carbocycles. The number of hydrogen-bond acceptors (Lipinski definition) is 14. The Balaban J connectivity index is 0.000000178. The number of aliphatic hydroxyl groups is 2. The number of halogens is 2. The molecule has 4 N–H and O–H groups in total. The number of thiazole rings is 1. The van der Waals surface area contributed by atoms with E-state index in [1.165, 1.54) is 73.9 Å². The molecule has 80 heavy (non-hydrogen) atoms. The molecule has 5 unspecified atom stereocenters. The quantitative estimate of drug-likeness (QED) is 0.0775. The van der Waals surface area contributed by atoms with Crippen LogP contribution in [0.25, 0.3) is 48.7 Å². The number of amides is 2. The Morgan fingerprint density at radius 2 is 1.70 bits per heavy atom. The zero-order chi connectivity index (χ0) is 56.3. The molecule has 0 radical (unpaired) electrons. The fourth-order valence-electron chi connectivity index (χ4n) is 11.1. The van der Waals surface area contributed by atoms with Crippen LogP contribution in [0, 0.1) is 36.8 Å². The number of likely N-dealkylation sites (tertiary alicyclic amines) is 3. The van der Waals surface area contributed by atoms with Crippen LogP contribution in [0.3, 0.4) is 0 Å². The number of rotatable bonds is 13. The minimum absolute atomic E-state index is 0. The number of β-amino-alcohol motifs (C(OH)–C–C–N with tert-alkyl or cyclic N) is 1. The van der Waals surface area contributed by atoms with Crippen molar-refractivity contribution in [3.63, 3.8) is 0 Å². The molecule has 422 valence electrons. The van der Waals surface area contributed by atoms with Crippen molar-refractivity contribution in [2.24, 2.45) is 5.92 Å². The number of fused-ring (bicyclic) bond motifs is 4. The summed E-state index contributed by atoms with van der Waals surface area (Å²) in [5, 5.41) is 37.9. The third kappa shape index (κ3) is 15.5. The summed E-state index contributed by atoms with van der Waals surface area (Å²) < 4.78 is 35.9. The van der Waals surface area contributed by atoms with Gasteiger partial charge in [-0.05, 0) is 113 Å². The normalized spacial score (nSPS) is 19.9. The van der Waals surface area contributed by atoms with Crippen LogP contribution < -0.4 is 66.3 Å². The first-order chi connectivity index (χ1) is 38.1. The number of piperazine rings is 1. The summed E-state index contributed by atoms with van der Waals surface area (Å²) in [4.78, 5) is 51.2. The summed E-state index contributed by atoms with van der Waals surface area (Å²) in [5.74, 6) is 2.36. The molecule has 8 heterocycles. The minimum atomic E-state index is -0.735. The molecule has 2 bridgehead atoms. The maximum absolute atomic E-state index is 16.1. The van der Waals surface area contributed by atoms with E-state index in [4.69, 9.17) is 11.2 Å². The monoisotopic (exact) mass is 1140 g/mol. The molecule has 5 saturated heterocycles. The van der Waals surface area contributed by atoms with Crippen LogP contribution in [-0.4, -0.2) is 159 Å². The number of phenols is 1. The molecule has 11 rings (SSSR count). The van der Waals surface area contributed by atoms with E-state index in [0.29, 0.717) is 54.6 Å². The summed E-state index contributed by atoms with van der Waals surface area (Å²) in [6.07, 6.45) is 15.7. The van der Waals surface area contributed by atoms with Gasteiger partial charge in [-0.3, -0.25) is 14.6 Å². The van der Waals surface area contributed by atoms with Gasteiger partial charge in [0.05, 0.1) is 40.2 Å². The van der Waals surface area contributed by atoms with E-state index in [1.54, 1.807) is 28.2 Å². The van der Waals surface area contributed by atoms with E-state index in [-0.39, 0.29) is 128 Å². The molecule has 20 heteroatoms. The number of nitrogens with zero attached hydrogens (tertiary/aromatic N) is 9. The standard InChI is InChI=1S/C26H21F2N5O2.C17H29N3O3.C13H15N2OS.C4H10.K/c1-3-17-20(27)7-4-13-8-16(34)9-18(21(13)17)23-22(28)24-19(10-29-23)25(32-26(31-24)35-2)33-11-14-5-6-15(12-33)30-14;21-15-7-11-19(12-15)17(23)13-20-14(5-6-16(20)22)4-3-10-18-8-1-2-9-18;1-9-13(17-8-15-9)11-5-3-10(4-6-11)12(7-16)14-2;1-4(2)3;/h1,4,7-10,14-15,30,34H,5-6,11-12H2,2H3;14-15,21H,1-13H2;3-6,8,12,16H,7H2,1-2H3;4H,1-3H3;/q;;-1;;+1. The second-order valence-electron chi connectivity index (χ2n) is 21.7. The summed E-state index contributed by atoms with van der Waals surface area (Å²) in [6.45, 7) is 14.8. The van der Waals surface area contributed by atoms with Gasteiger partial charge in [0.1, 0.15) is 35.1 Å². The number of phenolic OH excluding ortho intramolecular Hbond substituents is 1. The van der Waals surface area contributed by atoms with Gasteiger partial charge in [0.2, 0.25) is 11.8 Å². The third-order valence-corrected chi connectivity index (χ3v) is 16.0. The van der Waals surface area contributed by atoms with Crippen molar-refractivity contribution in [3.8, 4) is 45.8 Å². The Hall–Kier alpha value is -4.76. The van der Waals surface area contributed by atoms with Gasteiger partial charge in [0.25, 0.3) is 0 Å². The number of methoxy groups -OCH3 is 1. The minimum Gasteiger partial charge on any atom is -0.657 e. The van der Waals surface area contributed by atoms with E-state index in [2.05, 4.69) is 79.2 Å². The van der Waals surface area contributed by atoms with Crippen molar-refractivity contribution < 1.29 is 89.8 Å². The molecule has 0 aliphatic carbocycles. The number of nitrogens with one attached hydrogen (secondary N) is 1. The zero-order valence-corrected chi connectivity index (χ0v) is 51.2. The van der Waals surface area contributed by atoms with Crippen molar-refractivity contribution in [2.45, 2.75) is 116 Å². The fourth-order valence-corrected chi connectivity index (χ4v) is 11.9. The Labute approximate surface area is 515 Å². The predicted octanol–water partition coefficient (Wildman–Crippen LogP) is 6.03. The Morgan fingerprint density at radius 1 is 0.988 bits per heavy atom. The Bertz CT molecular complexity index is 3080.